The van der Waals surface area contributed by atoms with Gasteiger partial charge in [0.2, 0.25) is 0 Å². The zero-order valence-corrected chi connectivity index (χ0v) is 12.0. The Morgan fingerprint density at radius 1 is 1.35 bits per heavy atom. The zero-order chi connectivity index (χ0) is 12.6. The summed E-state index contributed by atoms with van der Waals surface area (Å²) in [5.74, 6) is 0.834. The van der Waals surface area contributed by atoms with Crippen LogP contribution in [0.1, 0.15) is 44.2 Å². The number of hydrogen-bond acceptors (Lipinski definition) is 4. The average molecular weight is 254 g/mol. The molecular weight excluding hydrogens is 232 g/mol. The maximum Gasteiger partial charge on any atom is 0.185 e. The van der Waals surface area contributed by atoms with Gasteiger partial charge in [0.15, 0.2) is 5.13 Å². The lowest BCUT2D eigenvalue weighted by Gasteiger charge is -2.29. The number of rotatable bonds is 2. The van der Waals surface area contributed by atoms with E-state index in [0.29, 0.717) is 0 Å². The quantitative estimate of drug-likeness (QED) is 0.881. The molecule has 0 aliphatic carbocycles. The van der Waals surface area contributed by atoms with Gasteiger partial charge in [-0.3, -0.25) is 0 Å². The summed E-state index contributed by atoms with van der Waals surface area (Å²) in [6.45, 7) is 10.1. The third-order valence-electron chi connectivity index (χ3n) is 3.40. The molecule has 1 aliphatic heterocycles. The van der Waals surface area contributed by atoms with E-state index in [1.54, 1.807) is 11.3 Å². The standard InChI is InChI=1S/C13H22N2OS/c1-9-5-7-15(8-6-9)12-14-10(2)11(17-12)13(3,4)16/h9,16H,5-8H2,1-4H3. The summed E-state index contributed by atoms with van der Waals surface area (Å²) in [7, 11) is 0. The van der Waals surface area contributed by atoms with Crippen molar-refractivity contribution in [1.82, 2.24) is 4.98 Å². The van der Waals surface area contributed by atoms with Gasteiger partial charge >= 0.3 is 0 Å². The molecule has 1 N–H and O–H groups in total. The second-order valence-corrected chi connectivity index (χ2v) is 6.62. The minimum atomic E-state index is -0.775. The lowest BCUT2D eigenvalue weighted by atomic mass is 10.00. The lowest BCUT2D eigenvalue weighted by molar-refractivity contribution is 0.0817. The number of nitrogens with zero attached hydrogens (tertiary/aromatic N) is 2. The molecule has 1 aromatic rings. The molecule has 0 amide bonds. The first kappa shape index (κ1) is 12.8. The van der Waals surface area contributed by atoms with E-state index in [9.17, 15) is 5.11 Å². The largest absolute Gasteiger partial charge is 0.385 e. The fourth-order valence-electron chi connectivity index (χ4n) is 2.28. The van der Waals surface area contributed by atoms with Crippen LogP contribution in [-0.2, 0) is 5.60 Å². The van der Waals surface area contributed by atoms with E-state index >= 15 is 0 Å². The molecule has 0 bridgehead atoms. The van der Waals surface area contributed by atoms with Gasteiger partial charge in [0, 0.05) is 13.1 Å². The van der Waals surface area contributed by atoms with Gasteiger partial charge in [-0.1, -0.05) is 18.3 Å². The summed E-state index contributed by atoms with van der Waals surface area (Å²) >= 11 is 1.64. The summed E-state index contributed by atoms with van der Waals surface area (Å²) in [5.41, 5.74) is 0.194. The zero-order valence-electron chi connectivity index (χ0n) is 11.2. The first-order valence-corrected chi connectivity index (χ1v) is 7.15. The minimum Gasteiger partial charge on any atom is -0.385 e. The van der Waals surface area contributed by atoms with Crippen LogP contribution >= 0.6 is 11.3 Å². The van der Waals surface area contributed by atoms with E-state index in [-0.39, 0.29) is 0 Å². The molecule has 1 aromatic heterocycles. The highest BCUT2D eigenvalue weighted by Crippen LogP contribution is 2.35. The van der Waals surface area contributed by atoms with Crippen molar-refractivity contribution < 1.29 is 5.11 Å². The fraction of sp³-hybridized carbons (Fsp3) is 0.769. The summed E-state index contributed by atoms with van der Waals surface area (Å²) in [4.78, 5) is 7.96. The smallest absolute Gasteiger partial charge is 0.185 e. The molecule has 0 atom stereocenters. The number of aryl methyl sites for hydroxylation is 1. The van der Waals surface area contributed by atoms with Crippen LogP contribution in [0.25, 0.3) is 0 Å². The number of aromatic nitrogens is 1. The Kier molecular flexibility index (Phi) is 3.46. The molecule has 2 rings (SSSR count). The maximum atomic E-state index is 10.1. The third-order valence-corrected chi connectivity index (χ3v) is 4.93. The Morgan fingerprint density at radius 3 is 2.41 bits per heavy atom. The van der Waals surface area contributed by atoms with Crippen LogP contribution in [0, 0.1) is 12.8 Å². The first-order valence-electron chi connectivity index (χ1n) is 6.33. The van der Waals surface area contributed by atoms with Crippen molar-refractivity contribution in [3.05, 3.63) is 10.6 Å². The molecule has 0 spiro atoms. The van der Waals surface area contributed by atoms with E-state index in [1.165, 1.54) is 12.8 Å². The lowest BCUT2D eigenvalue weighted by Crippen LogP contribution is -2.32. The highest BCUT2D eigenvalue weighted by molar-refractivity contribution is 7.15. The normalized spacial score (nSPS) is 18.8. The Balaban J connectivity index is 2.18. The molecule has 0 unspecified atom stereocenters. The van der Waals surface area contributed by atoms with E-state index in [4.69, 9.17) is 0 Å². The van der Waals surface area contributed by atoms with E-state index < -0.39 is 5.60 Å². The molecule has 3 nitrogen and oxygen atoms in total. The van der Waals surface area contributed by atoms with E-state index in [1.807, 2.05) is 20.8 Å². The molecule has 0 radical (unpaired) electrons. The number of aliphatic hydroxyl groups is 1. The van der Waals surface area contributed by atoms with Crippen LogP contribution < -0.4 is 4.90 Å². The highest BCUT2D eigenvalue weighted by Gasteiger charge is 2.25. The first-order chi connectivity index (χ1) is 7.88. The summed E-state index contributed by atoms with van der Waals surface area (Å²) in [6.07, 6.45) is 2.49. The van der Waals surface area contributed by atoms with E-state index in [0.717, 1.165) is 34.7 Å². The fourth-order valence-corrected chi connectivity index (χ4v) is 3.40. The monoisotopic (exact) mass is 254 g/mol. The van der Waals surface area contributed by atoms with Crippen molar-refractivity contribution in [1.29, 1.82) is 0 Å². The SMILES string of the molecule is Cc1nc(N2CCC(C)CC2)sc1C(C)(C)O. The van der Waals surface area contributed by atoms with Crippen molar-refractivity contribution >= 4 is 16.5 Å². The van der Waals surface area contributed by atoms with Crippen molar-refractivity contribution in [2.24, 2.45) is 5.92 Å². The molecule has 1 saturated heterocycles. The van der Waals surface area contributed by atoms with Crippen LogP contribution in [-0.4, -0.2) is 23.2 Å². The molecule has 17 heavy (non-hydrogen) atoms. The molecule has 96 valence electrons. The Labute approximate surface area is 107 Å². The van der Waals surface area contributed by atoms with Gasteiger partial charge in [0.1, 0.15) is 0 Å². The van der Waals surface area contributed by atoms with Crippen molar-refractivity contribution in [3.63, 3.8) is 0 Å². The predicted octanol–water partition coefficient (Wildman–Crippen LogP) is 2.92. The van der Waals surface area contributed by atoms with Crippen LogP contribution in [0.3, 0.4) is 0 Å². The number of piperidine rings is 1. The van der Waals surface area contributed by atoms with Gasteiger partial charge in [-0.2, -0.15) is 0 Å². The highest BCUT2D eigenvalue weighted by atomic mass is 32.1. The van der Waals surface area contributed by atoms with Gasteiger partial charge in [-0.15, -0.1) is 0 Å². The Morgan fingerprint density at radius 2 is 1.94 bits per heavy atom. The van der Waals surface area contributed by atoms with Crippen LogP contribution in [0.2, 0.25) is 0 Å². The van der Waals surface area contributed by atoms with Crippen molar-refractivity contribution in [3.8, 4) is 0 Å². The topological polar surface area (TPSA) is 36.4 Å². The summed E-state index contributed by atoms with van der Waals surface area (Å²) in [6, 6.07) is 0. The molecule has 2 heterocycles. The average Bonchev–Trinajstić information content (AvgIpc) is 2.61. The molecule has 1 fully saturated rings. The summed E-state index contributed by atoms with van der Waals surface area (Å²) < 4.78 is 0. The maximum absolute atomic E-state index is 10.1. The van der Waals surface area contributed by atoms with Crippen LogP contribution in [0.15, 0.2) is 0 Å². The van der Waals surface area contributed by atoms with E-state index in [2.05, 4.69) is 16.8 Å². The second-order valence-electron chi connectivity index (χ2n) is 5.64. The number of anilines is 1. The second kappa shape index (κ2) is 4.58. The van der Waals surface area contributed by atoms with Crippen LogP contribution in [0.4, 0.5) is 5.13 Å². The van der Waals surface area contributed by atoms with Crippen LogP contribution in [0.5, 0.6) is 0 Å². The molecular formula is C13H22N2OS. The van der Waals surface area contributed by atoms with Gasteiger partial charge in [-0.05, 0) is 39.5 Å². The Hall–Kier alpha value is -0.610. The molecule has 4 heteroatoms. The van der Waals surface area contributed by atoms with Gasteiger partial charge < -0.3 is 10.0 Å². The third kappa shape index (κ3) is 2.80. The number of hydrogen-bond donors (Lipinski definition) is 1. The summed E-state index contributed by atoms with van der Waals surface area (Å²) in [5, 5.41) is 11.2. The molecule has 0 aromatic carbocycles. The van der Waals surface area contributed by atoms with Gasteiger partial charge in [-0.25, -0.2) is 4.98 Å². The van der Waals surface area contributed by atoms with Gasteiger partial charge in [0.05, 0.1) is 16.2 Å². The minimum absolute atomic E-state index is 0.775. The number of thiazole rings is 1. The molecule has 1 aliphatic rings. The Bertz CT molecular complexity index is 387. The van der Waals surface area contributed by atoms with Crippen molar-refractivity contribution in [2.75, 3.05) is 18.0 Å². The van der Waals surface area contributed by atoms with Crippen molar-refractivity contribution in [2.45, 2.75) is 46.1 Å². The van der Waals surface area contributed by atoms with Gasteiger partial charge in [0.25, 0.3) is 0 Å². The predicted molar refractivity (Wildman–Crippen MR) is 72.7 cm³/mol. The molecule has 0 saturated carbocycles.